The molecular weight excluding hydrogens is 204 g/mol. The van der Waals surface area contributed by atoms with Gasteiger partial charge in [0.15, 0.2) is 0 Å². The minimum absolute atomic E-state index is 0.168. The van der Waals surface area contributed by atoms with E-state index in [4.69, 9.17) is 4.74 Å². The molecule has 1 amide bonds. The van der Waals surface area contributed by atoms with Gasteiger partial charge in [-0.05, 0) is 27.2 Å². The Morgan fingerprint density at radius 1 is 1.38 bits per heavy atom. The van der Waals surface area contributed by atoms with Crippen LogP contribution in [0.5, 0.6) is 0 Å². The largest absolute Gasteiger partial charge is 0.441 e. The topological polar surface area (TPSA) is 41.6 Å². The Kier molecular flexibility index (Phi) is 2.29. The number of rotatable bonds is 1. The van der Waals surface area contributed by atoms with Crippen molar-refractivity contribution in [1.82, 2.24) is 10.2 Å². The highest BCUT2D eigenvalue weighted by Crippen LogP contribution is 2.60. The summed E-state index contributed by atoms with van der Waals surface area (Å²) >= 11 is 0. The number of piperidine rings is 1. The van der Waals surface area contributed by atoms with Crippen LogP contribution in [-0.4, -0.2) is 42.3 Å². The second-order valence-corrected chi connectivity index (χ2v) is 6.43. The molecule has 1 N–H and O–H groups in total. The third-order valence-corrected chi connectivity index (χ3v) is 4.14. The summed E-state index contributed by atoms with van der Waals surface area (Å²) in [4.78, 5) is 13.7. The number of carbonyl (C=O) groups excluding carboxylic acids is 1. The van der Waals surface area contributed by atoms with Crippen molar-refractivity contribution >= 4 is 6.09 Å². The van der Waals surface area contributed by atoms with Crippen molar-refractivity contribution in [3.05, 3.63) is 0 Å². The summed E-state index contributed by atoms with van der Waals surface area (Å²) in [6.45, 7) is 9.95. The van der Waals surface area contributed by atoms with Gasteiger partial charge in [0.05, 0.1) is 0 Å². The Morgan fingerprint density at radius 3 is 2.38 bits per heavy atom. The van der Waals surface area contributed by atoms with Crippen LogP contribution in [0.15, 0.2) is 0 Å². The van der Waals surface area contributed by atoms with E-state index in [-0.39, 0.29) is 22.6 Å². The van der Waals surface area contributed by atoms with E-state index in [1.807, 2.05) is 20.8 Å². The summed E-state index contributed by atoms with van der Waals surface area (Å²) in [5.74, 6) is 0. The highest BCUT2D eigenvalue weighted by molar-refractivity contribution is 5.69. The molecule has 0 aromatic carbocycles. The lowest BCUT2D eigenvalue weighted by atomic mass is 10.1. The van der Waals surface area contributed by atoms with Gasteiger partial charge in [0.1, 0.15) is 5.60 Å². The van der Waals surface area contributed by atoms with Crippen LogP contribution >= 0.6 is 0 Å². The third-order valence-electron chi connectivity index (χ3n) is 4.14. The second kappa shape index (κ2) is 3.13. The molecule has 1 saturated carbocycles. The van der Waals surface area contributed by atoms with E-state index in [9.17, 15) is 4.79 Å². The van der Waals surface area contributed by atoms with Gasteiger partial charge < -0.3 is 15.0 Å². The highest BCUT2D eigenvalue weighted by Gasteiger charge is 2.70. The van der Waals surface area contributed by atoms with Gasteiger partial charge in [-0.3, -0.25) is 0 Å². The summed E-state index contributed by atoms with van der Waals surface area (Å²) in [5.41, 5.74) is -0.254. The number of ether oxygens (including phenoxy) is 1. The average molecular weight is 226 g/mol. The van der Waals surface area contributed by atoms with Crippen LogP contribution in [-0.2, 0) is 4.74 Å². The Morgan fingerprint density at radius 2 is 2.00 bits per heavy atom. The number of carbonyl (C=O) groups is 1. The van der Waals surface area contributed by atoms with Crippen LogP contribution in [0.1, 0.15) is 34.1 Å². The van der Waals surface area contributed by atoms with Crippen molar-refractivity contribution < 1.29 is 9.53 Å². The van der Waals surface area contributed by atoms with Crippen molar-refractivity contribution in [1.29, 1.82) is 0 Å². The molecule has 92 valence electrons. The second-order valence-electron chi connectivity index (χ2n) is 6.43. The maximum atomic E-state index is 12.0. The van der Waals surface area contributed by atoms with Crippen LogP contribution in [0.25, 0.3) is 0 Å². The van der Waals surface area contributed by atoms with Gasteiger partial charge in [-0.25, -0.2) is 4.79 Å². The summed E-state index contributed by atoms with van der Waals surface area (Å²) in [7, 11) is 1.79. The first-order valence-electron chi connectivity index (χ1n) is 5.88. The van der Waals surface area contributed by atoms with E-state index < -0.39 is 0 Å². The lowest BCUT2D eigenvalue weighted by molar-refractivity contribution is 0.0307. The zero-order valence-electron chi connectivity index (χ0n) is 10.9. The fourth-order valence-electron chi connectivity index (χ4n) is 2.33. The van der Waals surface area contributed by atoms with E-state index in [0.717, 1.165) is 19.5 Å². The van der Waals surface area contributed by atoms with Gasteiger partial charge in [-0.1, -0.05) is 6.92 Å². The number of nitrogens with zero attached hydrogens (tertiary/aromatic N) is 1. The molecule has 16 heavy (non-hydrogen) atoms. The number of nitrogens with one attached hydrogen (secondary N) is 1. The van der Waals surface area contributed by atoms with E-state index in [2.05, 4.69) is 12.2 Å². The molecule has 2 unspecified atom stereocenters. The minimum Gasteiger partial charge on any atom is -0.441 e. The molecule has 0 bridgehead atoms. The van der Waals surface area contributed by atoms with Gasteiger partial charge in [0.2, 0.25) is 0 Å². The molecule has 2 rings (SSSR count). The smallest absolute Gasteiger partial charge is 0.410 e. The molecule has 1 aliphatic carbocycles. The van der Waals surface area contributed by atoms with Gasteiger partial charge in [-0.2, -0.15) is 0 Å². The molecule has 1 saturated heterocycles. The average Bonchev–Trinajstić information content (AvgIpc) is 2.56. The first-order valence-corrected chi connectivity index (χ1v) is 5.88. The number of hydrogen-bond acceptors (Lipinski definition) is 3. The van der Waals surface area contributed by atoms with Crippen molar-refractivity contribution in [2.24, 2.45) is 5.41 Å². The van der Waals surface area contributed by atoms with E-state index in [1.54, 1.807) is 11.9 Å². The first kappa shape index (κ1) is 11.7. The molecule has 1 heterocycles. The summed E-state index contributed by atoms with van der Waals surface area (Å²) in [5, 5.41) is 3.29. The lowest BCUT2D eigenvalue weighted by Crippen LogP contribution is -2.45. The van der Waals surface area contributed by atoms with Gasteiger partial charge in [0.25, 0.3) is 0 Å². The minimum atomic E-state index is -0.233. The molecule has 0 radical (unpaired) electrons. The molecule has 2 fully saturated rings. The predicted octanol–water partition coefficient (Wildman–Crippen LogP) is 1.61. The van der Waals surface area contributed by atoms with Crippen LogP contribution < -0.4 is 5.32 Å². The van der Waals surface area contributed by atoms with Gasteiger partial charge in [0, 0.05) is 31.1 Å². The van der Waals surface area contributed by atoms with Crippen molar-refractivity contribution in [3.63, 3.8) is 0 Å². The Labute approximate surface area is 97.3 Å². The summed E-state index contributed by atoms with van der Waals surface area (Å²) in [6.07, 6.45) is 0.788. The molecule has 0 spiro atoms. The standard InChI is InChI=1S/C12H22N2O2/c1-10(2,3)14(5)9(15)16-12-6-11(12,4)7-13-8-12/h13H,6-8H2,1-5H3. The molecule has 0 aromatic rings. The molecule has 2 aliphatic rings. The monoisotopic (exact) mass is 226 g/mol. The van der Waals surface area contributed by atoms with Crippen molar-refractivity contribution in [3.8, 4) is 0 Å². The molecule has 4 nitrogen and oxygen atoms in total. The van der Waals surface area contributed by atoms with Crippen LogP contribution in [0.2, 0.25) is 0 Å². The highest BCUT2D eigenvalue weighted by atomic mass is 16.6. The fourth-order valence-corrected chi connectivity index (χ4v) is 2.33. The zero-order chi connectivity index (χ0) is 12.2. The molecule has 1 aliphatic heterocycles. The van der Waals surface area contributed by atoms with Gasteiger partial charge in [-0.15, -0.1) is 0 Å². The number of amides is 1. The van der Waals surface area contributed by atoms with Crippen LogP contribution in [0.4, 0.5) is 4.79 Å². The Bertz CT molecular complexity index is 319. The Balaban J connectivity index is 1.99. The normalized spacial score (nSPS) is 36.8. The van der Waals surface area contributed by atoms with Crippen molar-refractivity contribution in [2.75, 3.05) is 20.1 Å². The number of fused-ring (bicyclic) bond motifs is 1. The fraction of sp³-hybridized carbons (Fsp3) is 0.917. The van der Waals surface area contributed by atoms with Gasteiger partial charge >= 0.3 is 6.09 Å². The molecule has 0 aromatic heterocycles. The predicted molar refractivity (Wildman–Crippen MR) is 62.3 cm³/mol. The summed E-state index contributed by atoms with van der Waals surface area (Å²) in [6, 6.07) is 0. The van der Waals surface area contributed by atoms with Crippen molar-refractivity contribution in [2.45, 2.75) is 45.3 Å². The zero-order valence-corrected chi connectivity index (χ0v) is 10.9. The molecule has 4 heteroatoms. The quantitative estimate of drug-likeness (QED) is 0.738. The lowest BCUT2D eigenvalue weighted by Gasteiger charge is -2.32. The first-order chi connectivity index (χ1) is 7.20. The SMILES string of the molecule is CN(C(=O)OC12CNCC1(C)C2)C(C)(C)C. The molecule has 2 atom stereocenters. The molecular formula is C12H22N2O2. The van der Waals surface area contributed by atoms with Crippen LogP contribution in [0.3, 0.4) is 0 Å². The van der Waals surface area contributed by atoms with Crippen LogP contribution in [0, 0.1) is 5.41 Å². The maximum Gasteiger partial charge on any atom is 0.410 e. The number of hydrogen-bond donors (Lipinski definition) is 1. The third kappa shape index (κ3) is 1.59. The Hall–Kier alpha value is -0.770. The van der Waals surface area contributed by atoms with E-state index in [0.29, 0.717) is 0 Å². The van der Waals surface area contributed by atoms with E-state index in [1.165, 1.54) is 0 Å². The maximum absolute atomic E-state index is 12.0. The van der Waals surface area contributed by atoms with E-state index >= 15 is 0 Å². The summed E-state index contributed by atoms with van der Waals surface area (Å²) < 4.78 is 5.69.